The second kappa shape index (κ2) is 5.14. The Morgan fingerprint density at radius 2 is 2.38 bits per heavy atom. The summed E-state index contributed by atoms with van der Waals surface area (Å²) in [4.78, 5) is 0. The molecule has 1 heterocycles. The molecule has 0 saturated carbocycles. The van der Waals surface area contributed by atoms with E-state index in [-0.39, 0.29) is 0 Å². The van der Waals surface area contributed by atoms with Crippen molar-refractivity contribution in [3.63, 3.8) is 0 Å². The van der Waals surface area contributed by atoms with Gasteiger partial charge in [0, 0.05) is 18.6 Å². The number of methoxy groups -OCH3 is 1. The predicted molar refractivity (Wildman–Crippen MR) is 54.0 cm³/mol. The van der Waals surface area contributed by atoms with E-state index in [0.29, 0.717) is 18.6 Å². The molecule has 13 heavy (non-hydrogen) atoms. The Labute approximate surface area is 82.5 Å². The fraction of sp³-hybridized carbons (Fsp3) is 0.750. The van der Waals surface area contributed by atoms with Gasteiger partial charge in [-0.1, -0.05) is 18.3 Å². The molecule has 0 aromatic carbocycles. The number of nitrogens with one attached hydrogen (secondary N) is 1. The number of hydrogen-bond acceptors (Lipinski definition) is 5. The molecule has 1 aromatic heterocycles. The van der Waals surface area contributed by atoms with E-state index in [2.05, 4.69) is 28.8 Å². The lowest BCUT2D eigenvalue weighted by molar-refractivity contribution is 0.171. The molecule has 0 amide bonds. The van der Waals surface area contributed by atoms with Gasteiger partial charge in [0.15, 0.2) is 0 Å². The van der Waals surface area contributed by atoms with E-state index in [1.807, 2.05) is 0 Å². The zero-order valence-corrected chi connectivity index (χ0v) is 8.97. The molecular weight excluding hydrogens is 186 g/mol. The molecule has 0 bridgehead atoms. The molecule has 0 radical (unpaired) electrons. The van der Waals surface area contributed by atoms with Gasteiger partial charge in [0.1, 0.15) is 5.00 Å². The molecule has 0 fully saturated rings. The van der Waals surface area contributed by atoms with Crippen LogP contribution in [0.2, 0.25) is 0 Å². The van der Waals surface area contributed by atoms with Crippen molar-refractivity contribution in [1.29, 1.82) is 0 Å². The monoisotopic (exact) mass is 201 g/mol. The minimum Gasteiger partial charge on any atom is -0.383 e. The second-order valence-electron chi connectivity index (χ2n) is 3.23. The van der Waals surface area contributed by atoms with Gasteiger partial charge in [0.25, 0.3) is 0 Å². The molecule has 74 valence electrons. The Bertz CT molecular complexity index is 225. The van der Waals surface area contributed by atoms with Gasteiger partial charge < -0.3 is 10.1 Å². The molecule has 1 atom stereocenters. The fourth-order valence-corrected chi connectivity index (χ4v) is 1.47. The summed E-state index contributed by atoms with van der Waals surface area (Å²) < 4.78 is 8.90. The van der Waals surface area contributed by atoms with Crippen molar-refractivity contribution in [3.8, 4) is 0 Å². The van der Waals surface area contributed by atoms with Crippen LogP contribution in [0, 0.1) is 5.92 Å². The van der Waals surface area contributed by atoms with Crippen LogP contribution in [-0.4, -0.2) is 29.3 Å². The molecular formula is C8H15N3OS. The van der Waals surface area contributed by atoms with Gasteiger partial charge in [-0.15, -0.1) is 5.10 Å². The molecule has 1 unspecified atom stereocenters. The van der Waals surface area contributed by atoms with Crippen LogP contribution in [-0.2, 0) is 4.74 Å². The van der Waals surface area contributed by atoms with Gasteiger partial charge >= 0.3 is 0 Å². The highest BCUT2D eigenvalue weighted by atomic mass is 32.1. The third-order valence-electron chi connectivity index (χ3n) is 1.84. The van der Waals surface area contributed by atoms with Crippen molar-refractivity contribution in [1.82, 2.24) is 9.59 Å². The van der Waals surface area contributed by atoms with E-state index >= 15 is 0 Å². The predicted octanol–water partition coefficient (Wildman–Crippen LogP) is 1.62. The third-order valence-corrected chi connectivity index (χ3v) is 2.44. The maximum atomic E-state index is 5.12. The second-order valence-corrected chi connectivity index (χ2v) is 4.02. The van der Waals surface area contributed by atoms with Crippen LogP contribution in [0.4, 0.5) is 5.00 Å². The normalized spacial score (nSPS) is 13.2. The number of rotatable bonds is 5. The molecule has 0 saturated heterocycles. The van der Waals surface area contributed by atoms with Crippen LogP contribution >= 0.6 is 11.5 Å². The topological polar surface area (TPSA) is 47.0 Å². The molecule has 5 heteroatoms. The van der Waals surface area contributed by atoms with Crippen LogP contribution in [0.5, 0.6) is 0 Å². The Morgan fingerprint density at radius 1 is 1.62 bits per heavy atom. The molecule has 0 aliphatic rings. The van der Waals surface area contributed by atoms with Gasteiger partial charge in [-0.3, -0.25) is 0 Å². The van der Waals surface area contributed by atoms with E-state index in [9.17, 15) is 0 Å². The highest BCUT2D eigenvalue weighted by Crippen LogP contribution is 2.14. The van der Waals surface area contributed by atoms with Crippen LogP contribution in [0.1, 0.15) is 13.8 Å². The molecule has 1 aromatic rings. The molecule has 0 spiro atoms. The smallest absolute Gasteiger partial charge is 0.130 e. The Morgan fingerprint density at radius 3 is 2.85 bits per heavy atom. The Kier molecular flexibility index (Phi) is 4.11. The first-order valence-corrected chi connectivity index (χ1v) is 5.04. The van der Waals surface area contributed by atoms with Crippen molar-refractivity contribution >= 4 is 16.5 Å². The number of anilines is 1. The number of hydrogen-bond donors (Lipinski definition) is 1. The van der Waals surface area contributed by atoms with Crippen molar-refractivity contribution in [2.45, 2.75) is 19.9 Å². The zero-order chi connectivity index (χ0) is 9.68. The summed E-state index contributed by atoms with van der Waals surface area (Å²) in [5.74, 6) is 0.530. The lowest BCUT2D eigenvalue weighted by Crippen LogP contribution is -2.29. The first kappa shape index (κ1) is 10.4. The van der Waals surface area contributed by atoms with Crippen LogP contribution in [0.3, 0.4) is 0 Å². The van der Waals surface area contributed by atoms with Crippen LogP contribution in [0.25, 0.3) is 0 Å². The third kappa shape index (κ3) is 3.28. The summed E-state index contributed by atoms with van der Waals surface area (Å²) >= 11 is 1.37. The largest absolute Gasteiger partial charge is 0.383 e. The highest BCUT2D eigenvalue weighted by Gasteiger charge is 2.13. The molecule has 1 N–H and O–H groups in total. The molecule has 4 nitrogen and oxygen atoms in total. The number of ether oxygens (including phenoxy) is 1. The Balaban J connectivity index is 2.47. The van der Waals surface area contributed by atoms with Gasteiger partial charge in [0.05, 0.1) is 18.8 Å². The van der Waals surface area contributed by atoms with E-state index in [4.69, 9.17) is 4.74 Å². The van der Waals surface area contributed by atoms with Gasteiger partial charge in [0.2, 0.25) is 0 Å². The Hall–Kier alpha value is -0.680. The first-order chi connectivity index (χ1) is 6.24. The summed E-state index contributed by atoms with van der Waals surface area (Å²) in [5.41, 5.74) is 0. The van der Waals surface area contributed by atoms with Gasteiger partial charge in [-0.05, 0) is 5.92 Å². The first-order valence-electron chi connectivity index (χ1n) is 4.27. The maximum absolute atomic E-state index is 5.12. The lowest BCUT2D eigenvalue weighted by atomic mass is 10.1. The minimum absolute atomic E-state index is 0.326. The van der Waals surface area contributed by atoms with E-state index < -0.39 is 0 Å². The SMILES string of the molecule is COCC(Nc1cnns1)C(C)C. The fourth-order valence-electron chi connectivity index (χ4n) is 0.994. The zero-order valence-electron chi connectivity index (χ0n) is 8.15. The average molecular weight is 201 g/mol. The van der Waals surface area contributed by atoms with Crippen molar-refractivity contribution in [2.24, 2.45) is 5.92 Å². The minimum atomic E-state index is 0.326. The van der Waals surface area contributed by atoms with E-state index in [0.717, 1.165) is 5.00 Å². The summed E-state index contributed by atoms with van der Waals surface area (Å²) in [6.45, 7) is 5.02. The van der Waals surface area contributed by atoms with Crippen LogP contribution < -0.4 is 5.32 Å². The summed E-state index contributed by atoms with van der Waals surface area (Å²) in [5, 5.41) is 8.08. The van der Waals surface area contributed by atoms with Crippen molar-refractivity contribution in [3.05, 3.63) is 6.20 Å². The van der Waals surface area contributed by atoms with E-state index in [1.54, 1.807) is 13.3 Å². The summed E-state index contributed by atoms with van der Waals surface area (Å²) in [6.07, 6.45) is 1.73. The number of nitrogens with zero attached hydrogens (tertiary/aromatic N) is 2. The van der Waals surface area contributed by atoms with Crippen LogP contribution in [0.15, 0.2) is 6.20 Å². The lowest BCUT2D eigenvalue weighted by Gasteiger charge is -2.20. The molecule has 0 aliphatic carbocycles. The standard InChI is InChI=1S/C8H15N3OS/c1-6(2)7(5-12-3)10-8-4-9-11-13-8/h4,6-7,10H,5H2,1-3H3. The average Bonchev–Trinajstić information content (AvgIpc) is 2.56. The summed E-state index contributed by atoms with van der Waals surface area (Å²) in [7, 11) is 1.71. The number of aromatic nitrogens is 2. The summed E-state index contributed by atoms with van der Waals surface area (Å²) in [6, 6.07) is 0.326. The highest BCUT2D eigenvalue weighted by molar-refractivity contribution is 7.09. The molecule has 1 rings (SSSR count). The molecule has 0 aliphatic heterocycles. The van der Waals surface area contributed by atoms with Crippen molar-refractivity contribution in [2.75, 3.05) is 19.0 Å². The van der Waals surface area contributed by atoms with Gasteiger partial charge in [-0.25, -0.2) is 0 Å². The quantitative estimate of drug-likeness (QED) is 0.786. The van der Waals surface area contributed by atoms with E-state index in [1.165, 1.54) is 11.5 Å². The maximum Gasteiger partial charge on any atom is 0.130 e. The van der Waals surface area contributed by atoms with Gasteiger partial charge in [-0.2, -0.15) is 0 Å². The van der Waals surface area contributed by atoms with Crippen molar-refractivity contribution < 1.29 is 4.74 Å².